The van der Waals surface area contributed by atoms with Gasteiger partial charge in [0, 0.05) is 58.2 Å². The molecule has 1 aliphatic heterocycles. The van der Waals surface area contributed by atoms with Gasteiger partial charge < -0.3 is 0 Å². The number of aromatic nitrogens is 2. The molecule has 3 heterocycles. The van der Waals surface area contributed by atoms with Gasteiger partial charge in [0.2, 0.25) is 0 Å². The van der Waals surface area contributed by atoms with E-state index in [0.717, 1.165) is 65.4 Å². The van der Waals surface area contributed by atoms with Gasteiger partial charge in [-0.05, 0) is 54.1 Å². The second-order valence-electron chi connectivity index (χ2n) is 7.97. The van der Waals surface area contributed by atoms with Crippen LogP contribution in [0.3, 0.4) is 0 Å². The lowest BCUT2D eigenvalue weighted by molar-refractivity contribution is -0.137. The van der Waals surface area contributed by atoms with Gasteiger partial charge in [-0.15, -0.1) is 11.3 Å². The SMILES string of the molecule is FC(F)(F)c1ccc(-c2ccc(CN3CCc4nc(-c5ccc(Cl)cc5)ncc4C3)s2)cc1. The molecule has 1 aliphatic rings. The molecule has 0 unspecified atom stereocenters. The molecule has 0 bridgehead atoms. The average molecular weight is 486 g/mol. The predicted octanol–water partition coefficient (Wildman–Crippen LogP) is 7.10. The summed E-state index contributed by atoms with van der Waals surface area (Å²) in [6, 6.07) is 16.9. The van der Waals surface area contributed by atoms with Crippen LogP contribution >= 0.6 is 22.9 Å². The minimum atomic E-state index is -4.32. The van der Waals surface area contributed by atoms with Crippen molar-refractivity contribution in [2.75, 3.05) is 6.54 Å². The molecular formula is C25H19ClF3N3S. The van der Waals surface area contributed by atoms with Gasteiger partial charge in [0.15, 0.2) is 5.82 Å². The Kier molecular flexibility index (Phi) is 5.95. The lowest BCUT2D eigenvalue weighted by Crippen LogP contribution is -2.30. The molecule has 0 radical (unpaired) electrons. The van der Waals surface area contributed by atoms with Crippen molar-refractivity contribution in [1.29, 1.82) is 0 Å². The molecule has 5 rings (SSSR count). The van der Waals surface area contributed by atoms with Crippen LogP contribution in [0.15, 0.2) is 66.9 Å². The van der Waals surface area contributed by atoms with E-state index < -0.39 is 11.7 Å². The molecule has 33 heavy (non-hydrogen) atoms. The van der Waals surface area contributed by atoms with Crippen molar-refractivity contribution >= 4 is 22.9 Å². The van der Waals surface area contributed by atoms with E-state index in [9.17, 15) is 13.2 Å². The van der Waals surface area contributed by atoms with Crippen molar-refractivity contribution in [2.45, 2.75) is 25.7 Å². The largest absolute Gasteiger partial charge is 0.416 e. The number of alkyl halides is 3. The molecule has 0 fully saturated rings. The molecule has 0 saturated carbocycles. The van der Waals surface area contributed by atoms with E-state index in [1.165, 1.54) is 17.0 Å². The number of hydrogen-bond donors (Lipinski definition) is 0. The van der Waals surface area contributed by atoms with Crippen molar-refractivity contribution in [3.05, 3.63) is 93.6 Å². The zero-order chi connectivity index (χ0) is 23.0. The molecule has 2 aromatic heterocycles. The first kappa shape index (κ1) is 22.1. The molecule has 8 heteroatoms. The van der Waals surface area contributed by atoms with Crippen molar-refractivity contribution in [2.24, 2.45) is 0 Å². The highest BCUT2D eigenvalue weighted by atomic mass is 35.5. The van der Waals surface area contributed by atoms with E-state index >= 15 is 0 Å². The number of nitrogens with zero attached hydrogens (tertiary/aromatic N) is 3. The normalized spacial score (nSPS) is 14.3. The fourth-order valence-electron chi connectivity index (χ4n) is 3.91. The standard InChI is InChI=1S/C25H19ClF3N3S/c26-20-7-3-17(4-8-20)24-30-13-18-14-32(12-11-22(18)31-24)15-21-9-10-23(33-21)16-1-5-19(6-2-16)25(27,28)29/h1-10,13H,11-12,14-15H2. The molecule has 0 N–H and O–H groups in total. The van der Waals surface area contributed by atoms with Crippen LogP contribution in [-0.4, -0.2) is 21.4 Å². The van der Waals surface area contributed by atoms with Gasteiger partial charge in [-0.2, -0.15) is 13.2 Å². The van der Waals surface area contributed by atoms with E-state index in [0.29, 0.717) is 10.8 Å². The van der Waals surface area contributed by atoms with Crippen molar-refractivity contribution in [3.63, 3.8) is 0 Å². The second-order valence-corrected chi connectivity index (χ2v) is 9.58. The van der Waals surface area contributed by atoms with Crippen LogP contribution in [0.4, 0.5) is 13.2 Å². The number of thiophene rings is 1. The van der Waals surface area contributed by atoms with Crippen LogP contribution < -0.4 is 0 Å². The van der Waals surface area contributed by atoms with Crippen molar-refractivity contribution < 1.29 is 13.2 Å². The minimum absolute atomic E-state index is 0.628. The first-order chi connectivity index (χ1) is 15.8. The van der Waals surface area contributed by atoms with Crippen LogP contribution in [-0.2, 0) is 25.7 Å². The van der Waals surface area contributed by atoms with Gasteiger partial charge in [0.1, 0.15) is 0 Å². The number of halogens is 4. The second kappa shape index (κ2) is 8.89. The highest BCUT2D eigenvalue weighted by Gasteiger charge is 2.30. The lowest BCUT2D eigenvalue weighted by atomic mass is 10.1. The maximum Gasteiger partial charge on any atom is 0.416 e. The predicted molar refractivity (Wildman–Crippen MR) is 125 cm³/mol. The topological polar surface area (TPSA) is 29.0 Å². The molecule has 2 aromatic carbocycles. The Morgan fingerprint density at radius 3 is 2.39 bits per heavy atom. The molecule has 0 aliphatic carbocycles. The molecule has 0 atom stereocenters. The number of hydrogen-bond acceptors (Lipinski definition) is 4. The zero-order valence-corrected chi connectivity index (χ0v) is 19.0. The Hall–Kier alpha value is -2.74. The monoisotopic (exact) mass is 485 g/mol. The van der Waals surface area contributed by atoms with Crippen LogP contribution in [0.1, 0.15) is 21.7 Å². The Morgan fingerprint density at radius 1 is 0.939 bits per heavy atom. The molecule has 168 valence electrons. The maximum atomic E-state index is 12.8. The van der Waals surface area contributed by atoms with Gasteiger partial charge in [-0.25, -0.2) is 9.97 Å². The zero-order valence-electron chi connectivity index (χ0n) is 17.4. The first-order valence-electron chi connectivity index (χ1n) is 10.4. The lowest BCUT2D eigenvalue weighted by Gasteiger charge is -2.27. The van der Waals surface area contributed by atoms with E-state index in [-0.39, 0.29) is 0 Å². The molecule has 0 amide bonds. The molecule has 0 spiro atoms. The Bertz CT molecular complexity index is 1270. The Morgan fingerprint density at radius 2 is 1.67 bits per heavy atom. The summed E-state index contributed by atoms with van der Waals surface area (Å²) in [5.74, 6) is 0.707. The van der Waals surface area contributed by atoms with E-state index in [2.05, 4.69) is 9.88 Å². The van der Waals surface area contributed by atoms with Gasteiger partial charge in [0.25, 0.3) is 0 Å². The summed E-state index contributed by atoms with van der Waals surface area (Å²) in [6.45, 7) is 2.44. The summed E-state index contributed by atoms with van der Waals surface area (Å²) in [7, 11) is 0. The Balaban J connectivity index is 1.26. The van der Waals surface area contributed by atoms with Gasteiger partial charge in [0.05, 0.1) is 11.3 Å². The quantitative estimate of drug-likeness (QED) is 0.308. The summed E-state index contributed by atoms with van der Waals surface area (Å²) in [5, 5.41) is 0.683. The van der Waals surface area contributed by atoms with Gasteiger partial charge in [-0.1, -0.05) is 23.7 Å². The van der Waals surface area contributed by atoms with Crippen LogP contribution in [0.5, 0.6) is 0 Å². The molecule has 3 nitrogen and oxygen atoms in total. The summed E-state index contributed by atoms with van der Waals surface area (Å²) in [5.41, 5.74) is 3.31. The molecular weight excluding hydrogens is 467 g/mol. The van der Waals surface area contributed by atoms with E-state index in [1.807, 2.05) is 42.6 Å². The van der Waals surface area contributed by atoms with E-state index in [4.69, 9.17) is 16.6 Å². The fourth-order valence-corrected chi connectivity index (χ4v) is 5.09. The van der Waals surface area contributed by atoms with Crippen LogP contribution in [0, 0.1) is 0 Å². The smallest absolute Gasteiger partial charge is 0.293 e. The number of benzene rings is 2. The fraction of sp³-hybridized carbons (Fsp3) is 0.200. The third kappa shape index (κ3) is 4.95. The highest BCUT2D eigenvalue weighted by Crippen LogP contribution is 2.34. The van der Waals surface area contributed by atoms with Crippen molar-refractivity contribution in [3.8, 4) is 21.8 Å². The minimum Gasteiger partial charge on any atom is -0.293 e. The average Bonchev–Trinajstić information content (AvgIpc) is 3.27. The molecule has 4 aromatic rings. The summed E-state index contributed by atoms with van der Waals surface area (Å²) >= 11 is 7.58. The number of fused-ring (bicyclic) bond motifs is 1. The molecule has 0 saturated heterocycles. The third-order valence-corrected chi connectivity index (χ3v) is 7.02. The Labute approximate surface area is 198 Å². The number of rotatable bonds is 4. The van der Waals surface area contributed by atoms with E-state index in [1.54, 1.807) is 11.3 Å². The van der Waals surface area contributed by atoms with Crippen LogP contribution in [0.2, 0.25) is 5.02 Å². The van der Waals surface area contributed by atoms with Gasteiger partial charge in [-0.3, -0.25) is 4.90 Å². The highest BCUT2D eigenvalue weighted by molar-refractivity contribution is 7.15. The summed E-state index contributed by atoms with van der Waals surface area (Å²) in [6.07, 6.45) is -1.57. The van der Waals surface area contributed by atoms with Gasteiger partial charge >= 0.3 is 6.18 Å². The van der Waals surface area contributed by atoms with Crippen LogP contribution in [0.25, 0.3) is 21.8 Å². The summed E-state index contributed by atoms with van der Waals surface area (Å²) < 4.78 is 38.4. The maximum absolute atomic E-state index is 12.8. The third-order valence-electron chi connectivity index (χ3n) is 5.65. The first-order valence-corrected chi connectivity index (χ1v) is 11.6. The summed E-state index contributed by atoms with van der Waals surface area (Å²) in [4.78, 5) is 13.8. The van der Waals surface area contributed by atoms with Crippen molar-refractivity contribution in [1.82, 2.24) is 14.9 Å².